The third kappa shape index (κ3) is 3.69. The van der Waals surface area contributed by atoms with E-state index in [0.29, 0.717) is 11.7 Å². The molecule has 1 rings (SSSR count). The summed E-state index contributed by atoms with van der Waals surface area (Å²) in [5.74, 6) is 0.888. The maximum Gasteiger partial charge on any atom is 0.239 e. The van der Waals surface area contributed by atoms with Gasteiger partial charge in [-0.25, -0.2) is 4.98 Å². The Morgan fingerprint density at radius 3 is 3.07 bits per heavy atom. The van der Waals surface area contributed by atoms with Crippen LogP contribution in [0.25, 0.3) is 0 Å². The molecule has 1 atom stereocenters. The molecule has 0 aliphatic rings. The van der Waals surface area contributed by atoms with Gasteiger partial charge in [0.15, 0.2) is 0 Å². The lowest BCUT2D eigenvalue weighted by molar-refractivity contribution is -0.123. The second-order valence-electron chi connectivity index (χ2n) is 3.14. The molecule has 84 valence electrons. The Balaban J connectivity index is 2.34. The number of carbonyl (C=O) groups excluding carboxylic acids is 1. The lowest BCUT2D eigenvalue weighted by atomic mass is 10.3. The highest BCUT2D eigenvalue weighted by Crippen LogP contribution is 2.00. The number of hydrogen-bond donors (Lipinski definition) is 2. The Morgan fingerprint density at radius 1 is 1.80 bits per heavy atom. The molecule has 0 spiro atoms. The van der Waals surface area contributed by atoms with E-state index in [1.807, 2.05) is 0 Å². The smallest absolute Gasteiger partial charge is 0.239 e. The SMILES string of the molecule is COCC(N)C(=O)NCc1ncc(C)o1. The molecule has 1 heterocycles. The summed E-state index contributed by atoms with van der Waals surface area (Å²) in [5, 5.41) is 2.60. The number of nitrogens with zero attached hydrogens (tertiary/aromatic N) is 1. The third-order valence-electron chi connectivity index (χ3n) is 1.77. The quantitative estimate of drug-likeness (QED) is 0.692. The van der Waals surface area contributed by atoms with Gasteiger partial charge in [0.1, 0.15) is 11.8 Å². The summed E-state index contributed by atoms with van der Waals surface area (Å²) in [6, 6.07) is -0.661. The number of nitrogens with one attached hydrogen (secondary N) is 1. The number of aromatic nitrogens is 1. The normalized spacial score (nSPS) is 12.5. The Bertz CT molecular complexity index is 324. The molecule has 0 aromatic carbocycles. The highest BCUT2D eigenvalue weighted by molar-refractivity contribution is 5.81. The molecule has 3 N–H and O–H groups in total. The van der Waals surface area contributed by atoms with Gasteiger partial charge in [-0.3, -0.25) is 4.79 Å². The fraction of sp³-hybridized carbons (Fsp3) is 0.556. The first-order chi connectivity index (χ1) is 7.13. The molecule has 0 aliphatic carbocycles. The van der Waals surface area contributed by atoms with E-state index in [9.17, 15) is 4.79 Å². The Morgan fingerprint density at radius 2 is 2.53 bits per heavy atom. The van der Waals surface area contributed by atoms with Crippen LogP contribution in [0.15, 0.2) is 10.6 Å². The van der Waals surface area contributed by atoms with Crippen LogP contribution in [-0.4, -0.2) is 30.6 Å². The summed E-state index contributed by atoms with van der Waals surface area (Å²) < 4.78 is 9.93. The largest absolute Gasteiger partial charge is 0.444 e. The van der Waals surface area contributed by atoms with E-state index >= 15 is 0 Å². The van der Waals surface area contributed by atoms with Crippen molar-refractivity contribution in [3.8, 4) is 0 Å². The molecule has 1 unspecified atom stereocenters. The number of aryl methyl sites for hydroxylation is 1. The predicted molar refractivity (Wildman–Crippen MR) is 52.9 cm³/mol. The average Bonchev–Trinajstić information content (AvgIpc) is 2.61. The van der Waals surface area contributed by atoms with Crippen LogP contribution < -0.4 is 11.1 Å². The van der Waals surface area contributed by atoms with E-state index in [-0.39, 0.29) is 19.1 Å². The summed E-state index contributed by atoms with van der Waals surface area (Å²) in [6.45, 7) is 2.22. The molecule has 1 aromatic heterocycles. The second-order valence-corrected chi connectivity index (χ2v) is 3.14. The van der Waals surface area contributed by atoms with Gasteiger partial charge in [0.2, 0.25) is 11.8 Å². The first-order valence-corrected chi connectivity index (χ1v) is 4.57. The lowest BCUT2D eigenvalue weighted by Gasteiger charge is -2.09. The first kappa shape index (κ1) is 11.7. The van der Waals surface area contributed by atoms with Crippen molar-refractivity contribution < 1.29 is 13.9 Å². The van der Waals surface area contributed by atoms with Crippen LogP contribution in [0.5, 0.6) is 0 Å². The summed E-state index contributed by atoms with van der Waals surface area (Å²) >= 11 is 0. The predicted octanol–water partition coefficient (Wildman–Crippen LogP) is -0.427. The van der Waals surface area contributed by atoms with Gasteiger partial charge in [-0.15, -0.1) is 0 Å². The van der Waals surface area contributed by atoms with Gasteiger partial charge in [0, 0.05) is 7.11 Å². The molecule has 6 nitrogen and oxygen atoms in total. The van der Waals surface area contributed by atoms with E-state index < -0.39 is 6.04 Å². The van der Waals surface area contributed by atoms with Crippen molar-refractivity contribution in [3.63, 3.8) is 0 Å². The minimum Gasteiger partial charge on any atom is -0.444 e. The number of amides is 1. The molecule has 1 aromatic rings. The molecule has 0 saturated carbocycles. The van der Waals surface area contributed by atoms with Crippen molar-refractivity contribution >= 4 is 5.91 Å². The highest BCUT2D eigenvalue weighted by atomic mass is 16.5. The van der Waals surface area contributed by atoms with Crippen LogP contribution in [0.3, 0.4) is 0 Å². The van der Waals surface area contributed by atoms with Crippen molar-refractivity contribution in [2.24, 2.45) is 5.73 Å². The number of methoxy groups -OCH3 is 1. The Kier molecular flexibility index (Phi) is 4.26. The standard InChI is InChI=1S/C9H15N3O3/c1-6-3-11-8(15-6)4-12-9(13)7(10)5-14-2/h3,7H,4-5,10H2,1-2H3,(H,12,13). The van der Waals surface area contributed by atoms with Gasteiger partial charge in [-0.05, 0) is 6.92 Å². The van der Waals surface area contributed by atoms with Crippen LogP contribution >= 0.6 is 0 Å². The number of carbonyl (C=O) groups is 1. The van der Waals surface area contributed by atoms with E-state index in [4.69, 9.17) is 14.9 Å². The van der Waals surface area contributed by atoms with Crippen molar-refractivity contribution in [2.75, 3.05) is 13.7 Å². The summed E-state index contributed by atoms with van der Waals surface area (Å²) in [7, 11) is 1.49. The fourth-order valence-electron chi connectivity index (χ4n) is 1.03. The number of oxazole rings is 1. The zero-order valence-corrected chi connectivity index (χ0v) is 8.82. The maximum atomic E-state index is 11.3. The highest BCUT2D eigenvalue weighted by Gasteiger charge is 2.13. The zero-order chi connectivity index (χ0) is 11.3. The van der Waals surface area contributed by atoms with E-state index in [1.165, 1.54) is 7.11 Å². The monoisotopic (exact) mass is 213 g/mol. The molecular weight excluding hydrogens is 198 g/mol. The number of nitrogens with two attached hydrogens (primary N) is 1. The van der Waals surface area contributed by atoms with Crippen molar-refractivity contribution in [1.29, 1.82) is 0 Å². The van der Waals surface area contributed by atoms with Gasteiger partial charge in [0.05, 0.1) is 19.3 Å². The third-order valence-corrected chi connectivity index (χ3v) is 1.77. The number of hydrogen-bond acceptors (Lipinski definition) is 5. The molecule has 15 heavy (non-hydrogen) atoms. The van der Waals surface area contributed by atoms with Crippen LogP contribution in [0.4, 0.5) is 0 Å². The molecule has 0 radical (unpaired) electrons. The van der Waals surface area contributed by atoms with Crippen LogP contribution in [0.2, 0.25) is 0 Å². The molecular formula is C9H15N3O3. The van der Waals surface area contributed by atoms with Crippen molar-refractivity contribution in [1.82, 2.24) is 10.3 Å². The van der Waals surface area contributed by atoms with E-state index in [1.54, 1.807) is 13.1 Å². The van der Waals surface area contributed by atoms with E-state index in [0.717, 1.165) is 0 Å². The minimum atomic E-state index is -0.661. The molecule has 0 aliphatic heterocycles. The summed E-state index contributed by atoms with van der Waals surface area (Å²) in [5.41, 5.74) is 5.51. The van der Waals surface area contributed by atoms with Crippen LogP contribution in [0, 0.1) is 6.92 Å². The topological polar surface area (TPSA) is 90.4 Å². The van der Waals surface area contributed by atoms with Crippen molar-refractivity contribution in [3.05, 3.63) is 17.8 Å². The Labute approximate surface area is 87.8 Å². The van der Waals surface area contributed by atoms with Gasteiger partial charge < -0.3 is 20.2 Å². The second kappa shape index (κ2) is 5.47. The zero-order valence-electron chi connectivity index (χ0n) is 8.82. The lowest BCUT2D eigenvalue weighted by Crippen LogP contribution is -2.43. The maximum absolute atomic E-state index is 11.3. The fourth-order valence-corrected chi connectivity index (χ4v) is 1.03. The molecule has 0 bridgehead atoms. The molecule has 1 amide bonds. The minimum absolute atomic E-state index is 0.191. The molecule has 0 fully saturated rings. The number of ether oxygens (including phenoxy) is 1. The van der Waals surface area contributed by atoms with Gasteiger partial charge in [0.25, 0.3) is 0 Å². The van der Waals surface area contributed by atoms with Crippen molar-refractivity contribution in [2.45, 2.75) is 19.5 Å². The van der Waals surface area contributed by atoms with Gasteiger partial charge >= 0.3 is 0 Å². The first-order valence-electron chi connectivity index (χ1n) is 4.57. The van der Waals surface area contributed by atoms with Gasteiger partial charge in [-0.1, -0.05) is 0 Å². The Hall–Kier alpha value is -1.40. The van der Waals surface area contributed by atoms with E-state index in [2.05, 4.69) is 10.3 Å². The summed E-state index contributed by atoms with van der Waals surface area (Å²) in [4.78, 5) is 15.3. The average molecular weight is 213 g/mol. The summed E-state index contributed by atoms with van der Waals surface area (Å²) in [6.07, 6.45) is 1.59. The molecule has 6 heteroatoms. The number of rotatable bonds is 5. The van der Waals surface area contributed by atoms with Crippen LogP contribution in [0.1, 0.15) is 11.7 Å². The molecule has 0 saturated heterocycles. The van der Waals surface area contributed by atoms with Gasteiger partial charge in [-0.2, -0.15) is 0 Å². The van der Waals surface area contributed by atoms with Crippen LogP contribution in [-0.2, 0) is 16.1 Å².